The molecule has 0 aliphatic rings. The predicted octanol–water partition coefficient (Wildman–Crippen LogP) is 1.68. The Morgan fingerprint density at radius 1 is 1.00 bits per heavy atom. The van der Waals surface area contributed by atoms with Crippen molar-refractivity contribution < 1.29 is 28.5 Å². The summed E-state index contributed by atoms with van der Waals surface area (Å²) in [6.45, 7) is 12.4. The minimum atomic E-state index is -0.957. The molecular formula is C17H33NO6. The molecule has 0 spiro atoms. The van der Waals surface area contributed by atoms with E-state index in [9.17, 15) is 9.59 Å². The highest BCUT2D eigenvalue weighted by Gasteiger charge is 2.29. The number of rotatable bonds is 15. The first kappa shape index (κ1) is 22.8. The lowest BCUT2D eigenvalue weighted by Crippen LogP contribution is -2.46. The average molecular weight is 347 g/mol. The molecular weight excluding hydrogens is 314 g/mol. The van der Waals surface area contributed by atoms with Gasteiger partial charge in [-0.25, -0.2) is 0 Å². The lowest BCUT2D eigenvalue weighted by molar-refractivity contribution is -0.150. The van der Waals surface area contributed by atoms with Crippen LogP contribution in [0.15, 0.2) is 0 Å². The first-order valence-electron chi connectivity index (χ1n) is 8.44. The van der Waals surface area contributed by atoms with Gasteiger partial charge < -0.3 is 24.3 Å². The Morgan fingerprint density at radius 3 is 2.21 bits per heavy atom. The minimum Gasteiger partial charge on any atom is -0.462 e. The molecule has 0 aromatic heterocycles. The fraction of sp³-hybridized carbons (Fsp3) is 0.882. The summed E-state index contributed by atoms with van der Waals surface area (Å²) >= 11 is 0. The van der Waals surface area contributed by atoms with Gasteiger partial charge in [-0.2, -0.15) is 0 Å². The molecule has 0 bridgehead atoms. The quantitative estimate of drug-likeness (QED) is 0.358. The van der Waals surface area contributed by atoms with Crippen molar-refractivity contribution in [2.75, 3.05) is 39.6 Å². The monoisotopic (exact) mass is 347 g/mol. The number of hydrogen-bond acceptors (Lipinski definition) is 6. The lowest BCUT2D eigenvalue weighted by Gasteiger charge is -2.27. The Morgan fingerprint density at radius 2 is 1.62 bits per heavy atom. The minimum absolute atomic E-state index is 0.206. The maximum Gasteiger partial charge on any atom is 0.293 e. The summed E-state index contributed by atoms with van der Waals surface area (Å²) in [6, 6.07) is 0. The number of nitrogens with one attached hydrogen (secondary N) is 1. The summed E-state index contributed by atoms with van der Waals surface area (Å²) in [7, 11) is 0. The SMILES string of the molecule is CCCOCCOCCNC(=O)C(C)(C)OCCC(C)(C)OC=O. The maximum absolute atomic E-state index is 12.1. The molecule has 1 amide bonds. The second-order valence-electron chi connectivity index (χ2n) is 6.56. The maximum atomic E-state index is 12.1. The van der Waals surface area contributed by atoms with Crippen LogP contribution in [0.5, 0.6) is 0 Å². The van der Waals surface area contributed by atoms with Crippen molar-refractivity contribution >= 4 is 12.4 Å². The number of amides is 1. The Kier molecular flexibility index (Phi) is 11.6. The van der Waals surface area contributed by atoms with Gasteiger partial charge >= 0.3 is 0 Å². The molecule has 0 radical (unpaired) electrons. The van der Waals surface area contributed by atoms with Crippen LogP contribution in [-0.2, 0) is 28.5 Å². The van der Waals surface area contributed by atoms with Gasteiger partial charge in [0.05, 0.1) is 26.4 Å². The predicted molar refractivity (Wildman–Crippen MR) is 90.8 cm³/mol. The van der Waals surface area contributed by atoms with E-state index in [0.29, 0.717) is 45.9 Å². The van der Waals surface area contributed by atoms with Gasteiger partial charge in [0, 0.05) is 19.6 Å². The van der Waals surface area contributed by atoms with Crippen LogP contribution in [0, 0.1) is 0 Å². The number of carbonyl (C=O) groups excluding carboxylic acids is 2. The van der Waals surface area contributed by atoms with Crippen LogP contribution in [0.25, 0.3) is 0 Å². The molecule has 0 unspecified atom stereocenters. The van der Waals surface area contributed by atoms with Crippen molar-refractivity contribution in [1.82, 2.24) is 5.32 Å². The summed E-state index contributed by atoms with van der Waals surface area (Å²) < 4.78 is 21.2. The molecule has 0 atom stereocenters. The van der Waals surface area contributed by atoms with E-state index in [-0.39, 0.29) is 5.91 Å². The van der Waals surface area contributed by atoms with E-state index in [0.717, 1.165) is 13.0 Å². The fourth-order valence-electron chi connectivity index (χ4n) is 1.72. The van der Waals surface area contributed by atoms with Crippen LogP contribution in [0.1, 0.15) is 47.5 Å². The Hall–Kier alpha value is -1.18. The third-order valence-corrected chi connectivity index (χ3v) is 3.33. The molecule has 0 saturated carbocycles. The zero-order valence-corrected chi connectivity index (χ0v) is 15.7. The largest absolute Gasteiger partial charge is 0.462 e. The highest BCUT2D eigenvalue weighted by atomic mass is 16.5. The summed E-state index contributed by atoms with van der Waals surface area (Å²) in [5.41, 5.74) is -1.57. The zero-order chi connectivity index (χ0) is 18.5. The van der Waals surface area contributed by atoms with Crippen LogP contribution in [0.2, 0.25) is 0 Å². The van der Waals surface area contributed by atoms with Crippen molar-refractivity contribution in [3.05, 3.63) is 0 Å². The van der Waals surface area contributed by atoms with E-state index >= 15 is 0 Å². The Bertz CT molecular complexity index is 357. The Labute approximate surface area is 145 Å². The topological polar surface area (TPSA) is 83.1 Å². The first-order chi connectivity index (χ1) is 11.2. The van der Waals surface area contributed by atoms with E-state index in [1.54, 1.807) is 27.7 Å². The molecule has 0 aromatic rings. The molecule has 7 nitrogen and oxygen atoms in total. The molecule has 0 heterocycles. The second kappa shape index (κ2) is 12.2. The Balaban J connectivity index is 3.84. The fourth-order valence-corrected chi connectivity index (χ4v) is 1.72. The van der Waals surface area contributed by atoms with Crippen LogP contribution < -0.4 is 5.32 Å². The molecule has 0 fully saturated rings. The summed E-state index contributed by atoms with van der Waals surface area (Å²) in [6.07, 6.45) is 1.49. The van der Waals surface area contributed by atoms with Gasteiger partial charge in [-0.05, 0) is 34.1 Å². The van der Waals surface area contributed by atoms with Gasteiger partial charge in [0.1, 0.15) is 11.2 Å². The second-order valence-corrected chi connectivity index (χ2v) is 6.56. The van der Waals surface area contributed by atoms with Crippen LogP contribution in [0.3, 0.4) is 0 Å². The van der Waals surface area contributed by atoms with E-state index in [4.69, 9.17) is 18.9 Å². The van der Waals surface area contributed by atoms with Crippen LogP contribution in [0.4, 0.5) is 0 Å². The van der Waals surface area contributed by atoms with Crippen LogP contribution >= 0.6 is 0 Å². The van der Waals surface area contributed by atoms with E-state index in [2.05, 4.69) is 12.2 Å². The highest BCUT2D eigenvalue weighted by Crippen LogP contribution is 2.16. The van der Waals surface area contributed by atoms with Crippen molar-refractivity contribution in [1.29, 1.82) is 0 Å². The number of carbonyl (C=O) groups is 2. The van der Waals surface area contributed by atoms with E-state index < -0.39 is 11.2 Å². The summed E-state index contributed by atoms with van der Waals surface area (Å²) in [5, 5.41) is 2.78. The molecule has 0 rings (SSSR count). The van der Waals surface area contributed by atoms with Crippen LogP contribution in [-0.4, -0.2) is 63.2 Å². The molecule has 7 heteroatoms. The van der Waals surface area contributed by atoms with Gasteiger partial charge in [-0.15, -0.1) is 0 Å². The molecule has 0 aromatic carbocycles. The zero-order valence-electron chi connectivity index (χ0n) is 15.7. The van der Waals surface area contributed by atoms with Gasteiger partial charge in [0.15, 0.2) is 0 Å². The van der Waals surface area contributed by atoms with Gasteiger partial charge in [-0.3, -0.25) is 9.59 Å². The van der Waals surface area contributed by atoms with Gasteiger partial charge in [-0.1, -0.05) is 6.92 Å². The molecule has 0 aliphatic heterocycles. The normalized spacial score (nSPS) is 12.0. The number of ether oxygens (including phenoxy) is 4. The molecule has 142 valence electrons. The smallest absolute Gasteiger partial charge is 0.293 e. The van der Waals surface area contributed by atoms with Gasteiger partial charge in [0.25, 0.3) is 12.4 Å². The molecule has 0 saturated heterocycles. The van der Waals surface area contributed by atoms with E-state index in [1.807, 2.05) is 0 Å². The van der Waals surface area contributed by atoms with Crippen molar-refractivity contribution in [3.63, 3.8) is 0 Å². The van der Waals surface area contributed by atoms with Gasteiger partial charge in [0.2, 0.25) is 0 Å². The first-order valence-corrected chi connectivity index (χ1v) is 8.44. The van der Waals surface area contributed by atoms with Crippen molar-refractivity contribution in [2.24, 2.45) is 0 Å². The standard InChI is InChI=1S/C17H33NO6/c1-6-9-21-12-13-22-11-8-18-15(20)17(4,5)23-10-7-16(2,3)24-14-19/h14H,6-13H2,1-5H3,(H,18,20). The molecule has 24 heavy (non-hydrogen) atoms. The van der Waals surface area contributed by atoms with E-state index in [1.165, 1.54) is 0 Å². The lowest BCUT2D eigenvalue weighted by atomic mass is 10.1. The van der Waals surface area contributed by atoms with Crippen molar-refractivity contribution in [2.45, 2.75) is 58.7 Å². The van der Waals surface area contributed by atoms with Crippen molar-refractivity contribution in [3.8, 4) is 0 Å². The highest BCUT2D eigenvalue weighted by molar-refractivity contribution is 5.84. The molecule has 0 aliphatic carbocycles. The summed E-state index contributed by atoms with van der Waals surface area (Å²) in [5.74, 6) is -0.206. The molecule has 1 N–H and O–H groups in total. The summed E-state index contributed by atoms with van der Waals surface area (Å²) in [4.78, 5) is 22.5. The third-order valence-electron chi connectivity index (χ3n) is 3.33. The average Bonchev–Trinajstić information content (AvgIpc) is 2.49. The number of hydrogen-bond donors (Lipinski definition) is 1. The third kappa shape index (κ3) is 11.4.